The first-order valence-electron chi connectivity index (χ1n) is 4.96. The van der Waals surface area contributed by atoms with Crippen LogP contribution in [-0.2, 0) is 6.54 Å². The van der Waals surface area contributed by atoms with Crippen molar-refractivity contribution in [2.75, 3.05) is 20.6 Å². The minimum atomic E-state index is 0.301. The van der Waals surface area contributed by atoms with Crippen molar-refractivity contribution >= 4 is 0 Å². The molecule has 5 nitrogen and oxygen atoms in total. The van der Waals surface area contributed by atoms with Crippen molar-refractivity contribution < 1.29 is 4.52 Å². The van der Waals surface area contributed by atoms with Crippen molar-refractivity contribution in [3.8, 4) is 0 Å². The van der Waals surface area contributed by atoms with Gasteiger partial charge < -0.3 is 14.7 Å². The van der Waals surface area contributed by atoms with Crippen LogP contribution in [0.2, 0.25) is 0 Å². The predicted molar refractivity (Wildman–Crippen MR) is 51.7 cm³/mol. The molecule has 0 spiro atoms. The second-order valence-corrected chi connectivity index (χ2v) is 3.93. The number of hydrogen-bond acceptors (Lipinski definition) is 5. The lowest BCUT2D eigenvalue weighted by Gasteiger charge is -2.04. The van der Waals surface area contributed by atoms with Crippen molar-refractivity contribution in [3.63, 3.8) is 0 Å². The molecule has 0 saturated carbocycles. The van der Waals surface area contributed by atoms with Crippen molar-refractivity contribution in [2.45, 2.75) is 25.4 Å². The largest absolute Gasteiger partial charge is 0.338 e. The van der Waals surface area contributed by atoms with Gasteiger partial charge in [0, 0.05) is 0 Å². The first-order chi connectivity index (χ1) is 6.75. The van der Waals surface area contributed by atoms with Gasteiger partial charge in [0.2, 0.25) is 5.89 Å². The van der Waals surface area contributed by atoms with Gasteiger partial charge in [-0.2, -0.15) is 4.98 Å². The smallest absolute Gasteiger partial charge is 0.240 e. The van der Waals surface area contributed by atoms with Gasteiger partial charge in [0.1, 0.15) is 0 Å². The zero-order chi connectivity index (χ0) is 9.97. The summed E-state index contributed by atoms with van der Waals surface area (Å²) < 4.78 is 5.15. The predicted octanol–water partition coefficient (Wildman–Crippen LogP) is 0.556. The molecular formula is C9H16N4O. The molecular weight excluding hydrogens is 180 g/mol. The van der Waals surface area contributed by atoms with Crippen molar-refractivity contribution in [1.82, 2.24) is 20.4 Å². The second-order valence-electron chi connectivity index (χ2n) is 3.93. The molecule has 1 aromatic rings. The number of nitrogens with zero attached hydrogens (tertiary/aromatic N) is 3. The molecule has 0 radical (unpaired) electrons. The molecule has 0 aromatic carbocycles. The number of rotatable bonds is 3. The summed E-state index contributed by atoms with van der Waals surface area (Å²) in [5.41, 5.74) is 0. The molecule has 0 amide bonds. The number of aromatic nitrogens is 2. The van der Waals surface area contributed by atoms with E-state index >= 15 is 0 Å². The van der Waals surface area contributed by atoms with Crippen molar-refractivity contribution in [2.24, 2.45) is 0 Å². The standard InChI is InChI=1S/C9H16N4O/c1-13(2)6-8-11-9(12-14-8)7-4-3-5-10-7/h7,10H,3-6H2,1-2H3. The Morgan fingerprint density at radius 2 is 2.43 bits per heavy atom. The lowest BCUT2D eigenvalue weighted by atomic mass is 10.2. The van der Waals surface area contributed by atoms with E-state index in [4.69, 9.17) is 4.52 Å². The first kappa shape index (κ1) is 9.61. The number of hydrogen-bond donors (Lipinski definition) is 1. The van der Waals surface area contributed by atoms with Gasteiger partial charge in [-0.3, -0.25) is 0 Å². The third-order valence-electron chi connectivity index (χ3n) is 2.31. The van der Waals surface area contributed by atoms with Crippen LogP contribution in [-0.4, -0.2) is 35.7 Å². The molecule has 1 N–H and O–H groups in total. The minimum absolute atomic E-state index is 0.301. The maximum Gasteiger partial charge on any atom is 0.240 e. The summed E-state index contributed by atoms with van der Waals surface area (Å²) in [5, 5.41) is 7.32. The molecule has 5 heteroatoms. The van der Waals surface area contributed by atoms with Crippen LogP contribution in [0, 0.1) is 0 Å². The molecule has 0 bridgehead atoms. The summed E-state index contributed by atoms with van der Waals surface area (Å²) >= 11 is 0. The summed E-state index contributed by atoms with van der Waals surface area (Å²) in [6.07, 6.45) is 2.31. The molecule has 1 aliphatic rings. The van der Waals surface area contributed by atoms with Crippen molar-refractivity contribution in [3.05, 3.63) is 11.7 Å². The van der Waals surface area contributed by atoms with Crippen LogP contribution in [0.5, 0.6) is 0 Å². The highest BCUT2D eigenvalue weighted by atomic mass is 16.5. The highest BCUT2D eigenvalue weighted by Gasteiger charge is 2.21. The average Bonchev–Trinajstić information content (AvgIpc) is 2.69. The normalized spacial score (nSPS) is 22.1. The molecule has 2 heterocycles. The van der Waals surface area contributed by atoms with E-state index in [1.165, 1.54) is 6.42 Å². The molecule has 1 saturated heterocycles. The fourth-order valence-electron chi connectivity index (χ4n) is 1.65. The van der Waals surface area contributed by atoms with E-state index in [1.54, 1.807) is 0 Å². The molecule has 1 aliphatic heterocycles. The maximum atomic E-state index is 5.15. The Morgan fingerprint density at radius 3 is 3.07 bits per heavy atom. The Labute approximate surface area is 83.5 Å². The Bertz CT molecular complexity index is 291. The summed E-state index contributed by atoms with van der Waals surface area (Å²) in [6.45, 7) is 1.77. The van der Waals surface area contributed by atoms with Crippen LogP contribution < -0.4 is 5.32 Å². The lowest BCUT2D eigenvalue weighted by Crippen LogP contribution is -2.15. The van der Waals surface area contributed by atoms with Gasteiger partial charge in [0.25, 0.3) is 0 Å². The molecule has 14 heavy (non-hydrogen) atoms. The molecule has 0 aliphatic carbocycles. The topological polar surface area (TPSA) is 54.2 Å². The van der Waals surface area contributed by atoms with Crippen LogP contribution in [0.25, 0.3) is 0 Å². The fraction of sp³-hybridized carbons (Fsp3) is 0.778. The molecule has 1 fully saturated rings. The highest BCUT2D eigenvalue weighted by Crippen LogP contribution is 2.20. The van der Waals surface area contributed by atoms with Crippen LogP contribution in [0.4, 0.5) is 0 Å². The zero-order valence-corrected chi connectivity index (χ0v) is 8.66. The lowest BCUT2D eigenvalue weighted by molar-refractivity contribution is 0.300. The zero-order valence-electron chi connectivity index (χ0n) is 8.66. The molecule has 1 unspecified atom stereocenters. The van der Waals surface area contributed by atoms with E-state index in [1.807, 2.05) is 19.0 Å². The fourth-order valence-corrected chi connectivity index (χ4v) is 1.65. The highest BCUT2D eigenvalue weighted by molar-refractivity contribution is 4.96. The van der Waals surface area contributed by atoms with E-state index in [0.29, 0.717) is 18.5 Å². The van der Waals surface area contributed by atoms with Gasteiger partial charge in [-0.05, 0) is 33.5 Å². The average molecular weight is 196 g/mol. The summed E-state index contributed by atoms with van der Waals surface area (Å²) in [6, 6.07) is 0.301. The Balaban J connectivity index is 2.01. The van der Waals surface area contributed by atoms with Crippen LogP contribution >= 0.6 is 0 Å². The van der Waals surface area contributed by atoms with E-state index in [2.05, 4.69) is 15.5 Å². The van der Waals surface area contributed by atoms with E-state index in [9.17, 15) is 0 Å². The second kappa shape index (κ2) is 4.06. The number of nitrogens with one attached hydrogen (secondary N) is 1. The summed E-state index contributed by atoms with van der Waals surface area (Å²) in [4.78, 5) is 6.36. The summed E-state index contributed by atoms with van der Waals surface area (Å²) in [7, 11) is 3.97. The Kier molecular flexibility index (Phi) is 2.79. The SMILES string of the molecule is CN(C)Cc1nc(C2CCCN2)no1. The molecule has 1 atom stereocenters. The van der Waals surface area contributed by atoms with E-state index in [-0.39, 0.29) is 0 Å². The van der Waals surface area contributed by atoms with Gasteiger partial charge in [-0.1, -0.05) is 5.16 Å². The van der Waals surface area contributed by atoms with Gasteiger partial charge in [-0.25, -0.2) is 0 Å². The van der Waals surface area contributed by atoms with Crippen LogP contribution in [0.1, 0.15) is 30.6 Å². The van der Waals surface area contributed by atoms with Gasteiger partial charge in [-0.15, -0.1) is 0 Å². The monoisotopic (exact) mass is 196 g/mol. The van der Waals surface area contributed by atoms with Crippen LogP contribution in [0.15, 0.2) is 4.52 Å². The quantitative estimate of drug-likeness (QED) is 0.765. The van der Waals surface area contributed by atoms with E-state index in [0.717, 1.165) is 18.8 Å². The minimum Gasteiger partial charge on any atom is -0.338 e. The molecule has 1 aromatic heterocycles. The first-order valence-corrected chi connectivity index (χ1v) is 4.96. The Morgan fingerprint density at radius 1 is 1.57 bits per heavy atom. The maximum absolute atomic E-state index is 5.15. The molecule has 2 rings (SSSR count). The van der Waals surface area contributed by atoms with Gasteiger partial charge >= 0.3 is 0 Å². The summed E-state index contributed by atoms with van der Waals surface area (Å²) in [5.74, 6) is 1.50. The Hall–Kier alpha value is -0.940. The van der Waals surface area contributed by atoms with Crippen LogP contribution in [0.3, 0.4) is 0 Å². The van der Waals surface area contributed by atoms with Gasteiger partial charge in [0.15, 0.2) is 5.82 Å². The van der Waals surface area contributed by atoms with Gasteiger partial charge in [0.05, 0.1) is 12.6 Å². The third-order valence-corrected chi connectivity index (χ3v) is 2.31. The van der Waals surface area contributed by atoms with Crippen molar-refractivity contribution in [1.29, 1.82) is 0 Å². The third kappa shape index (κ3) is 2.10. The van der Waals surface area contributed by atoms with E-state index < -0.39 is 0 Å². The molecule has 78 valence electrons.